The Morgan fingerprint density at radius 3 is 2.68 bits per heavy atom. The highest BCUT2D eigenvalue weighted by molar-refractivity contribution is 7.18. The Bertz CT molecular complexity index is 744. The number of likely N-dealkylation sites (tertiary alicyclic amines) is 1. The number of amides is 2. The van der Waals surface area contributed by atoms with Gasteiger partial charge in [0.15, 0.2) is 0 Å². The van der Waals surface area contributed by atoms with Crippen LogP contribution in [0, 0.1) is 5.92 Å². The fourth-order valence-electron chi connectivity index (χ4n) is 3.19. The van der Waals surface area contributed by atoms with Crippen molar-refractivity contribution in [3.8, 4) is 0 Å². The van der Waals surface area contributed by atoms with Gasteiger partial charge in [-0.1, -0.05) is 37.3 Å². The predicted octanol–water partition coefficient (Wildman–Crippen LogP) is 4.19. The molecule has 0 aliphatic carbocycles. The fraction of sp³-hybridized carbons (Fsp3) is 0.368. The Morgan fingerprint density at radius 2 is 1.96 bits per heavy atom. The number of piperidine rings is 1. The van der Waals surface area contributed by atoms with E-state index in [0.29, 0.717) is 28.3 Å². The SMILES string of the molecule is COC(=O)c1ccc(NC(=O)N2CCC(C)C(c3ccccc3)C2)s1. The zero-order valence-electron chi connectivity index (χ0n) is 14.4. The molecule has 1 saturated heterocycles. The molecule has 2 amide bonds. The standard InChI is InChI=1S/C19H22N2O3S/c1-13-10-11-21(12-15(13)14-6-4-3-5-7-14)19(23)20-17-9-8-16(25-17)18(22)24-2/h3-9,13,15H,10-12H2,1-2H3,(H,20,23). The Hall–Kier alpha value is -2.34. The van der Waals surface area contributed by atoms with E-state index in [9.17, 15) is 9.59 Å². The third kappa shape index (κ3) is 4.02. The number of esters is 1. The molecule has 1 aromatic heterocycles. The molecule has 1 aliphatic rings. The second-order valence-electron chi connectivity index (χ2n) is 6.31. The first-order valence-electron chi connectivity index (χ1n) is 8.37. The number of rotatable bonds is 3. The number of carbonyl (C=O) groups excluding carboxylic acids is 2. The van der Waals surface area contributed by atoms with Gasteiger partial charge in [0, 0.05) is 19.0 Å². The Kier molecular flexibility index (Phi) is 5.38. The number of thiophene rings is 1. The molecule has 1 aliphatic heterocycles. The van der Waals surface area contributed by atoms with Crippen LogP contribution in [0.5, 0.6) is 0 Å². The first-order chi connectivity index (χ1) is 12.1. The summed E-state index contributed by atoms with van der Waals surface area (Å²) in [7, 11) is 1.35. The molecule has 2 unspecified atom stereocenters. The van der Waals surface area contributed by atoms with E-state index < -0.39 is 0 Å². The molecule has 0 bridgehead atoms. The van der Waals surface area contributed by atoms with Gasteiger partial charge < -0.3 is 9.64 Å². The Balaban J connectivity index is 1.66. The molecule has 1 N–H and O–H groups in total. The third-order valence-corrected chi connectivity index (χ3v) is 5.68. The molecule has 2 aromatic rings. The molecular weight excluding hydrogens is 336 g/mol. The summed E-state index contributed by atoms with van der Waals surface area (Å²) in [6.07, 6.45) is 0.977. The van der Waals surface area contributed by atoms with E-state index in [1.165, 1.54) is 24.0 Å². The number of nitrogens with zero attached hydrogens (tertiary/aromatic N) is 1. The lowest BCUT2D eigenvalue weighted by Crippen LogP contribution is -2.44. The summed E-state index contributed by atoms with van der Waals surface area (Å²) in [5, 5.41) is 3.55. The van der Waals surface area contributed by atoms with Gasteiger partial charge in [-0.3, -0.25) is 5.32 Å². The highest BCUT2D eigenvalue weighted by atomic mass is 32.1. The number of methoxy groups -OCH3 is 1. The molecule has 25 heavy (non-hydrogen) atoms. The minimum absolute atomic E-state index is 0.119. The lowest BCUT2D eigenvalue weighted by atomic mass is 9.82. The minimum Gasteiger partial charge on any atom is -0.465 e. The molecule has 2 heterocycles. The quantitative estimate of drug-likeness (QED) is 0.837. The molecule has 0 saturated carbocycles. The number of anilines is 1. The highest BCUT2D eigenvalue weighted by Crippen LogP contribution is 2.32. The van der Waals surface area contributed by atoms with Crippen LogP contribution in [0.4, 0.5) is 9.80 Å². The van der Waals surface area contributed by atoms with Crippen LogP contribution >= 0.6 is 11.3 Å². The van der Waals surface area contributed by atoms with E-state index in [4.69, 9.17) is 4.74 Å². The van der Waals surface area contributed by atoms with Crippen molar-refractivity contribution in [1.82, 2.24) is 4.90 Å². The van der Waals surface area contributed by atoms with Crippen LogP contribution < -0.4 is 5.32 Å². The molecule has 6 heteroatoms. The first kappa shape index (κ1) is 17.5. The van der Waals surface area contributed by atoms with Crippen LogP contribution in [-0.4, -0.2) is 37.1 Å². The van der Waals surface area contributed by atoms with E-state index in [2.05, 4.69) is 24.4 Å². The zero-order valence-corrected chi connectivity index (χ0v) is 15.2. The van der Waals surface area contributed by atoms with E-state index in [1.807, 2.05) is 23.1 Å². The first-order valence-corrected chi connectivity index (χ1v) is 9.19. The molecule has 132 valence electrons. The van der Waals surface area contributed by atoms with Crippen molar-refractivity contribution in [3.05, 3.63) is 52.9 Å². The Morgan fingerprint density at radius 1 is 1.20 bits per heavy atom. The van der Waals surface area contributed by atoms with Crippen molar-refractivity contribution in [1.29, 1.82) is 0 Å². The fourth-order valence-corrected chi connectivity index (χ4v) is 4.00. The van der Waals surface area contributed by atoms with Gasteiger partial charge in [0.25, 0.3) is 0 Å². The summed E-state index contributed by atoms with van der Waals surface area (Å²) in [4.78, 5) is 26.5. The maximum atomic E-state index is 12.6. The maximum absolute atomic E-state index is 12.6. The molecule has 2 atom stereocenters. The summed E-state index contributed by atoms with van der Waals surface area (Å²) in [5.41, 5.74) is 1.27. The van der Waals surface area contributed by atoms with Crippen molar-refractivity contribution in [2.24, 2.45) is 5.92 Å². The molecule has 0 spiro atoms. The number of ether oxygens (including phenoxy) is 1. The summed E-state index contributed by atoms with van der Waals surface area (Å²) < 4.78 is 4.69. The summed E-state index contributed by atoms with van der Waals surface area (Å²) in [6, 6.07) is 13.6. The Labute approximate surface area is 151 Å². The summed E-state index contributed by atoms with van der Waals surface area (Å²) in [6.45, 7) is 3.69. The summed E-state index contributed by atoms with van der Waals surface area (Å²) >= 11 is 1.22. The van der Waals surface area contributed by atoms with Crippen LogP contribution in [-0.2, 0) is 4.74 Å². The van der Waals surface area contributed by atoms with Crippen molar-refractivity contribution >= 4 is 28.3 Å². The van der Waals surface area contributed by atoms with E-state index in [-0.39, 0.29) is 12.0 Å². The van der Waals surface area contributed by atoms with Crippen molar-refractivity contribution < 1.29 is 14.3 Å². The van der Waals surface area contributed by atoms with Crippen LogP contribution in [0.1, 0.15) is 34.5 Å². The highest BCUT2D eigenvalue weighted by Gasteiger charge is 2.30. The molecule has 1 aromatic carbocycles. The average molecular weight is 358 g/mol. The second-order valence-corrected chi connectivity index (χ2v) is 7.40. The number of benzene rings is 1. The van der Waals surface area contributed by atoms with Crippen molar-refractivity contribution in [3.63, 3.8) is 0 Å². The minimum atomic E-state index is -0.388. The van der Waals surface area contributed by atoms with Gasteiger partial charge in [-0.2, -0.15) is 0 Å². The zero-order chi connectivity index (χ0) is 17.8. The topological polar surface area (TPSA) is 58.6 Å². The van der Waals surface area contributed by atoms with Gasteiger partial charge >= 0.3 is 12.0 Å². The average Bonchev–Trinajstić information content (AvgIpc) is 3.10. The molecule has 3 rings (SSSR count). The van der Waals surface area contributed by atoms with Crippen LogP contribution in [0.25, 0.3) is 0 Å². The third-order valence-electron chi connectivity index (χ3n) is 4.70. The van der Waals surface area contributed by atoms with Gasteiger partial charge in [-0.05, 0) is 30.0 Å². The predicted molar refractivity (Wildman–Crippen MR) is 99.2 cm³/mol. The largest absolute Gasteiger partial charge is 0.465 e. The lowest BCUT2D eigenvalue weighted by molar-refractivity contribution is 0.0606. The van der Waals surface area contributed by atoms with Gasteiger partial charge in [-0.25, -0.2) is 9.59 Å². The smallest absolute Gasteiger partial charge is 0.348 e. The molecule has 5 nitrogen and oxygen atoms in total. The van der Waals surface area contributed by atoms with E-state index >= 15 is 0 Å². The summed E-state index contributed by atoms with van der Waals surface area (Å²) in [5.74, 6) is 0.496. The number of hydrogen-bond acceptors (Lipinski definition) is 4. The lowest BCUT2D eigenvalue weighted by Gasteiger charge is -2.37. The molecular formula is C19H22N2O3S. The van der Waals surface area contributed by atoms with E-state index in [0.717, 1.165) is 13.0 Å². The number of nitrogens with one attached hydrogen (secondary N) is 1. The molecule has 1 fully saturated rings. The number of carbonyl (C=O) groups is 2. The second kappa shape index (κ2) is 7.70. The van der Waals surface area contributed by atoms with Gasteiger partial charge in [0.2, 0.25) is 0 Å². The van der Waals surface area contributed by atoms with Gasteiger partial charge in [-0.15, -0.1) is 11.3 Å². The monoisotopic (exact) mass is 358 g/mol. The van der Waals surface area contributed by atoms with Gasteiger partial charge in [0.05, 0.1) is 12.1 Å². The van der Waals surface area contributed by atoms with Crippen LogP contribution in [0.2, 0.25) is 0 Å². The van der Waals surface area contributed by atoms with E-state index in [1.54, 1.807) is 12.1 Å². The van der Waals surface area contributed by atoms with Crippen LogP contribution in [0.3, 0.4) is 0 Å². The van der Waals surface area contributed by atoms with Crippen molar-refractivity contribution in [2.45, 2.75) is 19.3 Å². The van der Waals surface area contributed by atoms with Crippen molar-refractivity contribution in [2.75, 3.05) is 25.5 Å². The number of hydrogen-bond donors (Lipinski definition) is 1. The normalized spacial score (nSPS) is 20.2. The maximum Gasteiger partial charge on any atom is 0.348 e. The molecule has 0 radical (unpaired) electrons. The number of urea groups is 1. The van der Waals surface area contributed by atoms with Gasteiger partial charge in [0.1, 0.15) is 4.88 Å². The van der Waals surface area contributed by atoms with Crippen LogP contribution in [0.15, 0.2) is 42.5 Å².